The molecule has 1 atom stereocenters. The lowest BCUT2D eigenvalue weighted by atomic mass is 9.83. The van der Waals surface area contributed by atoms with Crippen molar-refractivity contribution < 1.29 is 32.1 Å². The highest BCUT2D eigenvalue weighted by molar-refractivity contribution is 7.91. The highest BCUT2D eigenvalue weighted by Crippen LogP contribution is 2.12. The molecule has 0 radical (unpaired) electrons. The van der Waals surface area contributed by atoms with Crippen LogP contribution in [0.5, 0.6) is 0 Å². The summed E-state index contributed by atoms with van der Waals surface area (Å²) in [5.41, 5.74) is 1.15. The van der Waals surface area contributed by atoms with Crippen LogP contribution >= 0.6 is 0 Å². The van der Waals surface area contributed by atoms with Crippen molar-refractivity contribution in [3.05, 3.63) is 48.0 Å². The monoisotopic (exact) mass is 466 g/mol. The fourth-order valence-corrected chi connectivity index (χ4v) is 3.91. The van der Waals surface area contributed by atoms with Crippen LogP contribution in [0.1, 0.15) is 37.7 Å². The van der Waals surface area contributed by atoms with Crippen molar-refractivity contribution in [1.82, 2.24) is 4.90 Å². The molecule has 1 fully saturated rings. The van der Waals surface area contributed by atoms with Gasteiger partial charge in [-0.05, 0) is 31.9 Å². The topological polar surface area (TPSA) is 125 Å². The quantitative estimate of drug-likeness (QED) is 0.279. The molecule has 0 amide bonds. The number of carbonyl (C=O) groups is 2. The Kier molecular flexibility index (Phi) is 10.9. The number of unbranched alkanes of at least 4 members (excludes halogenated alkanes) is 4. The Balaban J connectivity index is 1.71. The molecule has 2 rings (SSSR count). The first-order valence-corrected chi connectivity index (χ1v) is 12.2. The van der Waals surface area contributed by atoms with Crippen molar-refractivity contribution >= 4 is 29.1 Å². The van der Waals surface area contributed by atoms with E-state index >= 15 is 0 Å². The molecule has 1 saturated heterocycles. The minimum atomic E-state index is -4.16. The lowest BCUT2D eigenvalue weighted by molar-refractivity contribution is -0.145. The Labute approximate surface area is 190 Å². The highest BCUT2D eigenvalue weighted by Gasteiger charge is 2.44. The van der Waals surface area contributed by atoms with Gasteiger partial charge >= 0.3 is 19.1 Å². The number of primary sulfonamides is 1. The number of carbonyl (C=O) groups excluding carboxylic acids is 2. The lowest BCUT2D eigenvalue weighted by Gasteiger charge is -2.24. The minimum Gasteiger partial charge on any atom is -0.497 e. The first-order valence-electron chi connectivity index (χ1n) is 10.6. The zero-order valence-corrected chi connectivity index (χ0v) is 19.2. The summed E-state index contributed by atoms with van der Waals surface area (Å²) in [6, 6.07) is 9.99. The van der Waals surface area contributed by atoms with Crippen molar-refractivity contribution in [2.75, 3.05) is 26.7 Å². The van der Waals surface area contributed by atoms with E-state index in [2.05, 4.69) is 0 Å². The van der Waals surface area contributed by atoms with Gasteiger partial charge in [-0.25, -0.2) is 13.6 Å². The van der Waals surface area contributed by atoms with Gasteiger partial charge in [0.15, 0.2) is 5.15 Å². The van der Waals surface area contributed by atoms with Gasteiger partial charge in [0.1, 0.15) is 0 Å². The third-order valence-corrected chi connectivity index (χ3v) is 5.93. The van der Waals surface area contributed by atoms with Crippen LogP contribution in [0.4, 0.5) is 0 Å². The summed E-state index contributed by atoms with van der Waals surface area (Å²) < 4.78 is 39.7. The van der Waals surface area contributed by atoms with Gasteiger partial charge in [-0.15, -0.1) is 0 Å². The van der Waals surface area contributed by atoms with E-state index in [4.69, 9.17) is 19.2 Å². The van der Waals surface area contributed by atoms with Gasteiger partial charge in [0.25, 0.3) is 0 Å². The molecule has 176 valence electrons. The van der Waals surface area contributed by atoms with E-state index in [1.807, 2.05) is 30.3 Å². The van der Waals surface area contributed by atoms with E-state index < -0.39 is 34.2 Å². The van der Waals surface area contributed by atoms with Crippen LogP contribution in [-0.2, 0) is 40.3 Å². The molecule has 1 aliphatic rings. The Morgan fingerprint density at radius 3 is 2.34 bits per heavy atom. The number of nitrogens with two attached hydrogens (primary N) is 1. The van der Waals surface area contributed by atoms with Gasteiger partial charge in [0.05, 0.1) is 19.7 Å². The summed E-state index contributed by atoms with van der Waals surface area (Å²) >= 11 is 0. The van der Waals surface area contributed by atoms with Crippen molar-refractivity contribution in [3.63, 3.8) is 0 Å². The van der Waals surface area contributed by atoms with Gasteiger partial charge in [-0.3, -0.25) is 14.5 Å². The zero-order valence-electron chi connectivity index (χ0n) is 18.4. The first kappa shape index (κ1) is 26.1. The maximum absolute atomic E-state index is 12.0. The van der Waals surface area contributed by atoms with Gasteiger partial charge in [-0.1, -0.05) is 55.3 Å². The molecule has 2 N–H and O–H groups in total. The summed E-state index contributed by atoms with van der Waals surface area (Å²) in [6.45, 7) is 0.986. The van der Waals surface area contributed by atoms with Gasteiger partial charge in [0.2, 0.25) is 10.0 Å². The van der Waals surface area contributed by atoms with Crippen LogP contribution in [0.15, 0.2) is 42.5 Å². The molecule has 0 aliphatic carbocycles. The maximum Gasteiger partial charge on any atom is 0.623 e. The normalized spacial score (nSPS) is 17.0. The summed E-state index contributed by atoms with van der Waals surface area (Å²) in [4.78, 5) is 25.2. The molecule has 1 aliphatic heterocycles. The van der Waals surface area contributed by atoms with E-state index in [9.17, 15) is 18.0 Å². The zero-order chi connectivity index (χ0) is 23.4. The molecule has 0 spiro atoms. The summed E-state index contributed by atoms with van der Waals surface area (Å²) in [6.07, 6.45) is 7.35. The number of hydrogen-bond acceptors (Lipinski definition) is 8. The van der Waals surface area contributed by atoms with Crippen molar-refractivity contribution in [1.29, 1.82) is 0 Å². The first-order chi connectivity index (χ1) is 15.3. The van der Waals surface area contributed by atoms with Crippen LogP contribution in [0.2, 0.25) is 0 Å². The number of allylic oxidation sites excluding steroid dienone is 1. The Bertz CT molecular complexity index is 844. The summed E-state index contributed by atoms with van der Waals surface area (Å²) in [5.74, 6) is -1.39. The number of hydrogen-bond donors (Lipinski definition) is 1. The second-order valence-electron chi connectivity index (χ2n) is 7.74. The van der Waals surface area contributed by atoms with Crippen LogP contribution in [0.25, 0.3) is 0 Å². The molecule has 1 aromatic carbocycles. The summed E-state index contributed by atoms with van der Waals surface area (Å²) in [5, 5.41) is 3.83. The molecule has 0 saturated carbocycles. The molecule has 0 bridgehead atoms. The highest BCUT2D eigenvalue weighted by atomic mass is 32.2. The molecule has 1 aromatic rings. The average Bonchev–Trinajstić information content (AvgIpc) is 2.70. The SMILES string of the molecule is CN1CC(=O)OB(C(C=CCCCCCCOCc2ccccc2)S(N)(=O)=O)OC(=O)C1. The third kappa shape index (κ3) is 9.95. The largest absolute Gasteiger partial charge is 0.623 e. The number of ether oxygens (including phenoxy) is 1. The second kappa shape index (κ2) is 13.4. The Morgan fingerprint density at radius 1 is 1.09 bits per heavy atom. The van der Waals surface area contributed by atoms with E-state index in [1.165, 1.54) is 11.0 Å². The number of nitrogens with zero attached hydrogens (tertiary/aromatic N) is 1. The average molecular weight is 466 g/mol. The number of benzene rings is 1. The molecular formula is C21H31BN2O7S. The smallest absolute Gasteiger partial charge is 0.497 e. The molecule has 11 heteroatoms. The molecular weight excluding hydrogens is 435 g/mol. The molecule has 1 unspecified atom stereocenters. The number of likely N-dealkylation sites (N-methyl/N-ethyl adjacent to an activating group) is 1. The predicted octanol–water partition coefficient (Wildman–Crippen LogP) is 1.43. The second-order valence-corrected chi connectivity index (χ2v) is 9.47. The van der Waals surface area contributed by atoms with Crippen LogP contribution in [-0.4, -0.2) is 64.3 Å². The molecule has 9 nitrogen and oxygen atoms in total. The molecule has 1 heterocycles. The van der Waals surface area contributed by atoms with Crippen molar-refractivity contribution in [3.8, 4) is 0 Å². The van der Waals surface area contributed by atoms with Gasteiger partial charge < -0.3 is 14.0 Å². The minimum absolute atomic E-state index is 0.151. The number of sulfonamides is 1. The standard InChI is InChI=1S/C21H31BN2O7S/c1-24-15-20(25)30-22(31-21(26)16-24)19(32(23,27)28)13-9-4-2-3-5-10-14-29-17-18-11-7-6-8-12-18/h6-9,11-13,19H,2-5,10,14-17H2,1H3,(H2,23,27,28). The Hall–Kier alpha value is -2.21. The maximum atomic E-state index is 12.0. The van der Waals surface area contributed by atoms with Crippen LogP contribution in [0, 0.1) is 0 Å². The lowest BCUT2D eigenvalue weighted by Crippen LogP contribution is -2.51. The summed E-state index contributed by atoms with van der Waals surface area (Å²) in [7, 11) is -4.20. The predicted molar refractivity (Wildman–Crippen MR) is 121 cm³/mol. The van der Waals surface area contributed by atoms with E-state index in [-0.39, 0.29) is 13.1 Å². The van der Waals surface area contributed by atoms with Gasteiger partial charge in [-0.2, -0.15) is 0 Å². The Morgan fingerprint density at radius 2 is 1.72 bits per heavy atom. The van der Waals surface area contributed by atoms with Crippen LogP contribution < -0.4 is 5.14 Å². The fourth-order valence-electron chi connectivity index (χ4n) is 3.16. The molecule has 0 aromatic heterocycles. The van der Waals surface area contributed by atoms with E-state index in [0.717, 1.165) is 31.2 Å². The fraction of sp³-hybridized carbons (Fsp3) is 0.524. The van der Waals surface area contributed by atoms with E-state index in [0.29, 0.717) is 19.6 Å². The van der Waals surface area contributed by atoms with Crippen LogP contribution in [0.3, 0.4) is 0 Å². The molecule has 32 heavy (non-hydrogen) atoms. The van der Waals surface area contributed by atoms with E-state index in [1.54, 1.807) is 13.1 Å². The van der Waals surface area contributed by atoms with Crippen molar-refractivity contribution in [2.45, 2.75) is 43.9 Å². The van der Waals surface area contributed by atoms with Gasteiger partial charge in [0, 0.05) is 6.61 Å². The van der Waals surface area contributed by atoms with Crippen molar-refractivity contribution in [2.24, 2.45) is 5.14 Å². The number of rotatable bonds is 12. The third-order valence-electron chi connectivity index (χ3n) is 4.79.